The van der Waals surface area contributed by atoms with Gasteiger partial charge in [-0.15, -0.1) is 0 Å². The highest BCUT2D eigenvalue weighted by Gasteiger charge is 2.23. The third-order valence-corrected chi connectivity index (χ3v) is 7.41. The van der Waals surface area contributed by atoms with Crippen molar-refractivity contribution in [2.75, 3.05) is 6.61 Å². The lowest BCUT2D eigenvalue weighted by Gasteiger charge is -2.25. The van der Waals surface area contributed by atoms with Crippen LogP contribution in [0.2, 0.25) is 0 Å². The summed E-state index contributed by atoms with van der Waals surface area (Å²) in [6.45, 7) is 2.96. The van der Waals surface area contributed by atoms with Gasteiger partial charge in [-0.2, -0.15) is 0 Å². The molecule has 1 N–H and O–H groups in total. The summed E-state index contributed by atoms with van der Waals surface area (Å²) >= 11 is 0. The summed E-state index contributed by atoms with van der Waals surface area (Å²) < 4.78 is 8.37. The van der Waals surface area contributed by atoms with E-state index in [-0.39, 0.29) is 5.56 Å². The van der Waals surface area contributed by atoms with Crippen LogP contribution in [0.25, 0.3) is 22.4 Å². The zero-order chi connectivity index (χ0) is 24.9. The van der Waals surface area contributed by atoms with Crippen molar-refractivity contribution in [2.45, 2.75) is 63.8 Å². The molecule has 1 atom stereocenters. The van der Waals surface area contributed by atoms with Crippen LogP contribution in [0.4, 0.5) is 0 Å². The average molecular weight is 483 g/mol. The maximum Gasteiger partial charge on any atom is 0.335 e. The van der Waals surface area contributed by atoms with Gasteiger partial charge in [0.25, 0.3) is 0 Å². The van der Waals surface area contributed by atoms with E-state index >= 15 is 0 Å². The Hall–Kier alpha value is -3.60. The molecule has 5 heteroatoms. The molecule has 1 saturated carbocycles. The van der Waals surface area contributed by atoms with E-state index in [2.05, 4.69) is 54.0 Å². The Morgan fingerprint density at radius 2 is 1.78 bits per heavy atom. The molecule has 5 rings (SSSR count). The molecule has 4 aromatic rings. The van der Waals surface area contributed by atoms with Crippen LogP contribution >= 0.6 is 0 Å². The first kappa shape index (κ1) is 24.1. The van der Waals surface area contributed by atoms with Gasteiger partial charge in [0.15, 0.2) is 0 Å². The number of carbonyl (C=O) groups is 1. The first-order valence-electron chi connectivity index (χ1n) is 13.1. The van der Waals surface area contributed by atoms with E-state index in [1.54, 1.807) is 12.1 Å². The minimum atomic E-state index is -0.926. The van der Waals surface area contributed by atoms with Gasteiger partial charge in [-0.05, 0) is 79.6 Å². The van der Waals surface area contributed by atoms with Crippen LogP contribution in [-0.2, 0) is 0 Å². The lowest BCUT2D eigenvalue weighted by atomic mass is 9.95. The molecule has 0 spiro atoms. The van der Waals surface area contributed by atoms with E-state index in [0.717, 1.165) is 53.9 Å². The minimum Gasteiger partial charge on any atom is -0.494 e. The molecule has 1 aromatic heterocycles. The van der Waals surface area contributed by atoms with E-state index in [1.807, 2.05) is 18.2 Å². The fourth-order valence-electron chi connectivity index (χ4n) is 5.37. The van der Waals surface area contributed by atoms with Gasteiger partial charge in [-0.25, -0.2) is 9.78 Å². The minimum absolute atomic E-state index is 0.271. The van der Waals surface area contributed by atoms with E-state index in [0.29, 0.717) is 18.6 Å². The molecular weight excluding hydrogens is 448 g/mol. The standard InChI is InChI=1S/C31H34N2O3/c1-22(23-10-4-2-5-11-23)9-8-20-36-27-17-14-24(15-18-27)30-32-28-21-25(31(34)35)16-19-29(28)33(30)26-12-6-3-7-13-26/h2,4-5,10-11,14-19,21-22,26H,3,6-9,12-13,20H2,1H3,(H,34,35). The molecule has 0 amide bonds. The molecule has 0 saturated heterocycles. The Morgan fingerprint density at radius 1 is 1.03 bits per heavy atom. The summed E-state index contributed by atoms with van der Waals surface area (Å²) in [6, 6.07) is 24.5. The Kier molecular flexibility index (Phi) is 7.36. The number of carboxylic acid groups (broad SMARTS) is 1. The van der Waals surface area contributed by atoms with Crippen LogP contribution in [-0.4, -0.2) is 27.2 Å². The Balaban J connectivity index is 1.31. The molecule has 1 unspecified atom stereocenters. The first-order valence-corrected chi connectivity index (χ1v) is 13.1. The number of hydrogen-bond donors (Lipinski definition) is 1. The fraction of sp³-hybridized carbons (Fsp3) is 0.355. The van der Waals surface area contributed by atoms with Gasteiger partial charge in [0.1, 0.15) is 11.6 Å². The van der Waals surface area contributed by atoms with Gasteiger partial charge in [0, 0.05) is 11.6 Å². The molecular formula is C31H34N2O3. The molecule has 36 heavy (non-hydrogen) atoms. The van der Waals surface area contributed by atoms with Crippen molar-refractivity contribution in [2.24, 2.45) is 0 Å². The van der Waals surface area contributed by atoms with Crippen molar-refractivity contribution in [3.63, 3.8) is 0 Å². The number of rotatable bonds is 9. The van der Waals surface area contributed by atoms with Crippen molar-refractivity contribution < 1.29 is 14.6 Å². The zero-order valence-electron chi connectivity index (χ0n) is 20.9. The molecule has 0 bridgehead atoms. The summed E-state index contributed by atoms with van der Waals surface area (Å²) in [5.41, 5.74) is 4.42. The number of hydrogen-bond acceptors (Lipinski definition) is 3. The SMILES string of the molecule is CC(CCCOc1ccc(-c2nc3cc(C(=O)O)ccc3n2C2CCCCC2)cc1)c1ccccc1. The molecule has 0 radical (unpaired) electrons. The van der Waals surface area contributed by atoms with E-state index in [9.17, 15) is 9.90 Å². The number of benzene rings is 3. The van der Waals surface area contributed by atoms with Gasteiger partial charge in [0.2, 0.25) is 0 Å². The zero-order valence-corrected chi connectivity index (χ0v) is 20.9. The molecule has 1 heterocycles. The number of aromatic carboxylic acids is 1. The lowest BCUT2D eigenvalue weighted by molar-refractivity contribution is 0.0697. The highest BCUT2D eigenvalue weighted by atomic mass is 16.5. The third kappa shape index (κ3) is 5.30. The molecule has 1 aliphatic rings. The van der Waals surface area contributed by atoms with Crippen molar-refractivity contribution in [3.05, 3.63) is 83.9 Å². The highest BCUT2D eigenvalue weighted by molar-refractivity contribution is 5.93. The molecule has 186 valence electrons. The summed E-state index contributed by atoms with van der Waals surface area (Å²) in [4.78, 5) is 16.4. The normalized spacial score (nSPS) is 15.1. The topological polar surface area (TPSA) is 64.3 Å². The summed E-state index contributed by atoms with van der Waals surface area (Å²) in [5.74, 6) is 1.36. The van der Waals surface area contributed by atoms with Crippen molar-refractivity contribution in [1.29, 1.82) is 0 Å². The molecule has 5 nitrogen and oxygen atoms in total. The number of imidazole rings is 1. The molecule has 3 aromatic carbocycles. The van der Waals surface area contributed by atoms with Gasteiger partial charge >= 0.3 is 5.97 Å². The Labute approximate surface area is 212 Å². The predicted molar refractivity (Wildman–Crippen MR) is 144 cm³/mol. The number of ether oxygens (including phenoxy) is 1. The van der Waals surface area contributed by atoms with Gasteiger partial charge in [-0.1, -0.05) is 56.5 Å². The van der Waals surface area contributed by atoms with Gasteiger partial charge in [0.05, 0.1) is 23.2 Å². The van der Waals surface area contributed by atoms with E-state index < -0.39 is 5.97 Å². The van der Waals surface area contributed by atoms with E-state index in [1.165, 1.54) is 24.8 Å². The number of nitrogens with zero attached hydrogens (tertiary/aromatic N) is 2. The Bertz CT molecular complexity index is 1310. The monoisotopic (exact) mass is 482 g/mol. The highest BCUT2D eigenvalue weighted by Crippen LogP contribution is 2.36. The van der Waals surface area contributed by atoms with Crippen molar-refractivity contribution >= 4 is 17.0 Å². The second-order valence-electron chi connectivity index (χ2n) is 9.93. The summed E-state index contributed by atoms with van der Waals surface area (Å²) in [5, 5.41) is 9.45. The maximum absolute atomic E-state index is 11.5. The molecule has 1 fully saturated rings. The van der Waals surface area contributed by atoms with Crippen LogP contribution in [0.1, 0.15) is 79.8 Å². The van der Waals surface area contributed by atoms with Crippen LogP contribution in [0, 0.1) is 0 Å². The largest absolute Gasteiger partial charge is 0.494 e. The molecule has 0 aliphatic heterocycles. The first-order chi connectivity index (χ1) is 17.6. The van der Waals surface area contributed by atoms with Crippen molar-refractivity contribution in [3.8, 4) is 17.1 Å². The van der Waals surface area contributed by atoms with Crippen LogP contribution in [0.15, 0.2) is 72.8 Å². The number of fused-ring (bicyclic) bond motifs is 1. The van der Waals surface area contributed by atoms with Crippen molar-refractivity contribution in [1.82, 2.24) is 9.55 Å². The van der Waals surface area contributed by atoms with Crippen LogP contribution < -0.4 is 4.74 Å². The second-order valence-corrected chi connectivity index (χ2v) is 9.93. The Morgan fingerprint density at radius 3 is 2.50 bits per heavy atom. The fourth-order valence-corrected chi connectivity index (χ4v) is 5.37. The van der Waals surface area contributed by atoms with Crippen LogP contribution in [0.5, 0.6) is 5.75 Å². The second kappa shape index (κ2) is 11.0. The number of carboxylic acids is 1. The van der Waals surface area contributed by atoms with E-state index in [4.69, 9.17) is 9.72 Å². The van der Waals surface area contributed by atoms with Crippen LogP contribution in [0.3, 0.4) is 0 Å². The summed E-state index contributed by atoms with van der Waals surface area (Å²) in [6.07, 6.45) is 8.05. The van der Waals surface area contributed by atoms with Gasteiger partial charge < -0.3 is 14.4 Å². The number of aromatic nitrogens is 2. The third-order valence-electron chi connectivity index (χ3n) is 7.41. The smallest absolute Gasteiger partial charge is 0.335 e. The summed E-state index contributed by atoms with van der Waals surface area (Å²) in [7, 11) is 0. The predicted octanol–water partition coefficient (Wildman–Crippen LogP) is 7.87. The van der Waals surface area contributed by atoms with Gasteiger partial charge in [-0.3, -0.25) is 0 Å². The quantitative estimate of drug-likeness (QED) is 0.247. The molecule has 1 aliphatic carbocycles. The lowest BCUT2D eigenvalue weighted by Crippen LogP contribution is -2.14. The maximum atomic E-state index is 11.5. The average Bonchev–Trinajstić information content (AvgIpc) is 3.31.